The number of halogens is 1. The van der Waals surface area contributed by atoms with Crippen molar-refractivity contribution >= 4 is 30.0 Å². The molecule has 3 N–H and O–H groups in total. The second kappa shape index (κ2) is 19.8. The van der Waals surface area contributed by atoms with Crippen LogP contribution in [0.5, 0.6) is 5.75 Å². The predicted octanol–water partition coefficient (Wildman–Crippen LogP) is 4.99. The number of hydrogen-bond donors (Lipinski definition) is 3. The lowest BCUT2D eigenvalue weighted by Crippen LogP contribution is -2.35. The number of para-hydroxylation sites is 1. The van der Waals surface area contributed by atoms with Crippen molar-refractivity contribution in [3.05, 3.63) is 92.3 Å². The Kier molecular flexibility index (Phi) is 16.5. The first-order valence-electron chi connectivity index (χ1n) is 15.8. The van der Waals surface area contributed by atoms with Gasteiger partial charge in [-0.3, -0.25) is 10.1 Å². The van der Waals surface area contributed by atoms with Crippen LogP contribution in [-0.4, -0.2) is 74.7 Å². The van der Waals surface area contributed by atoms with Crippen LogP contribution in [0.15, 0.2) is 71.1 Å². The molecule has 2 aromatic carbocycles. The minimum absolute atomic E-state index is 0. The third kappa shape index (κ3) is 11.9. The Morgan fingerprint density at radius 3 is 2.10 bits per heavy atom. The van der Waals surface area contributed by atoms with E-state index in [-0.39, 0.29) is 34.8 Å². The molecule has 1 heterocycles. The van der Waals surface area contributed by atoms with E-state index >= 15 is 0 Å². The summed E-state index contributed by atoms with van der Waals surface area (Å²) in [6.07, 6.45) is 3.13. The number of aliphatic hydroxyl groups is 1. The maximum Gasteiger partial charge on any atom is 0.336 e. The SMILES string of the molecule is CC(C)NCC(O)COc1ccc(CCOCC2CC2)cc1.COC(=O)C1=C(C)NC(C)=C(C(=O)OC)C1c1ccccc1[N+](=O)[O-].Cl. The zero-order valence-electron chi connectivity index (χ0n) is 28.4. The number of nitro groups is 1. The van der Waals surface area contributed by atoms with Crippen molar-refractivity contribution < 1.29 is 38.6 Å². The van der Waals surface area contributed by atoms with Gasteiger partial charge < -0.3 is 34.7 Å². The highest BCUT2D eigenvalue weighted by Crippen LogP contribution is 2.42. The lowest BCUT2D eigenvalue weighted by atomic mass is 9.79. The molecule has 12 nitrogen and oxygen atoms in total. The van der Waals surface area contributed by atoms with Crippen LogP contribution < -0.4 is 15.4 Å². The molecule has 264 valence electrons. The number of carbonyl (C=O) groups is 2. The standard InChI is InChI=1S/C18H29NO3.C17H18N2O6.ClH/c1-14(2)19-11-17(20)13-22-18-7-5-15(6-8-18)9-10-21-12-16-3-4-16;1-9-13(16(20)24-3)15(14(10(2)18-9)17(21)25-4)11-7-5-6-8-12(11)19(22)23;/h5-8,14,16-17,19-20H,3-4,9-13H2,1-2H3;5-8,15,18H,1-4H3;1H. The van der Waals surface area contributed by atoms with Crippen molar-refractivity contribution in [3.8, 4) is 5.75 Å². The van der Waals surface area contributed by atoms with E-state index in [1.807, 2.05) is 12.1 Å². The average molecular weight is 690 g/mol. The number of carbonyl (C=O) groups excluding carboxylic acids is 2. The van der Waals surface area contributed by atoms with Gasteiger partial charge in [0.25, 0.3) is 5.69 Å². The maximum absolute atomic E-state index is 12.3. The van der Waals surface area contributed by atoms with Crippen LogP contribution in [0, 0.1) is 16.0 Å². The van der Waals surface area contributed by atoms with Gasteiger partial charge in [-0.1, -0.05) is 44.2 Å². The van der Waals surface area contributed by atoms with E-state index in [0.717, 1.165) is 31.3 Å². The Morgan fingerprint density at radius 1 is 1.00 bits per heavy atom. The molecular weight excluding hydrogens is 642 g/mol. The lowest BCUT2D eigenvalue weighted by Gasteiger charge is -2.29. The number of ether oxygens (including phenoxy) is 4. The highest BCUT2D eigenvalue weighted by Gasteiger charge is 2.40. The molecule has 0 bridgehead atoms. The molecule has 1 saturated carbocycles. The van der Waals surface area contributed by atoms with Gasteiger partial charge in [-0.05, 0) is 56.7 Å². The van der Waals surface area contributed by atoms with Gasteiger partial charge in [0.15, 0.2) is 0 Å². The zero-order valence-corrected chi connectivity index (χ0v) is 29.3. The smallest absolute Gasteiger partial charge is 0.336 e. The number of allylic oxidation sites excluding steroid dienone is 2. The fourth-order valence-corrected chi connectivity index (χ4v) is 5.06. The van der Waals surface area contributed by atoms with E-state index < -0.39 is 28.9 Å². The molecule has 1 aliphatic heterocycles. The van der Waals surface area contributed by atoms with E-state index in [0.29, 0.717) is 30.6 Å². The summed E-state index contributed by atoms with van der Waals surface area (Å²) >= 11 is 0. The molecule has 1 aliphatic carbocycles. The average Bonchev–Trinajstić information content (AvgIpc) is 3.89. The van der Waals surface area contributed by atoms with Crippen LogP contribution >= 0.6 is 12.4 Å². The predicted molar refractivity (Wildman–Crippen MR) is 184 cm³/mol. The van der Waals surface area contributed by atoms with Crippen molar-refractivity contribution in [1.82, 2.24) is 10.6 Å². The molecule has 2 aliphatic rings. The number of rotatable bonds is 15. The fraction of sp³-hybridized carbons (Fsp3) is 0.486. The minimum Gasteiger partial charge on any atom is -0.491 e. The Bertz CT molecular complexity index is 1400. The summed E-state index contributed by atoms with van der Waals surface area (Å²) in [7, 11) is 2.42. The Hall–Kier alpha value is -3.97. The summed E-state index contributed by atoms with van der Waals surface area (Å²) < 4.78 is 20.9. The quantitative estimate of drug-likeness (QED) is 0.100. The van der Waals surface area contributed by atoms with Crippen LogP contribution in [0.4, 0.5) is 5.69 Å². The first kappa shape index (κ1) is 40.2. The molecule has 0 aromatic heterocycles. The Morgan fingerprint density at radius 2 is 1.58 bits per heavy atom. The van der Waals surface area contributed by atoms with E-state index in [1.165, 1.54) is 50.8 Å². The van der Waals surface area contributed by atoms with Crippen LogP contribution in [0.25, 0.3) is 0 Å². The van der Waals surface area contributed by atoms with Gasteiger partial charge in [-0.15, -0.1) is 12.4 Å². The number of esters is 2. The van der Waals surface area contributed by atoms with E-state index in [1.54, 1.807) is 19.9 Å². The minimum atomic E-state index is -0.970. The normalized spacial score (nSPS) is 15.1. The van der Waals surface area contributed by atoms with Gasteiger partial charge in [-0.2, -0.15) is 0 Å². The number of hydrogen-bond acceptors (Lipinski definition) is 11. The van der Waals surface area contributed by atoms with Gasteiger partial charge in [0, 0.05) is 42.2 Å². The molecule has 1 atom stereocenters. The van der Waals surface area contributed by atoms with Crippen LogP contribution in [-0.2, 0) is 30.2 Å². The summed E-state index contributed by atoms with van der Waals surface area (Å²) in [5, 5.41) is 27.4. The topological polar surface area (TPSA) is 158 Å². The van der Waals surface area contributed by atoms with Gasteiger partial charge in [0.05, 0.1) is 42.8 Å². The molecule has 1 fully saturated rings. The van der Waals surface area contributed by atoms with Gasteiger partial charge in [-0.25, -0.2) is 9.59 Å². The summed E-state index contributed by atoms with van der Waals surface area (Å²) in [4.78, 5) is 35.6. The molecule has 0 radical (unpaired) electrons. The molecule has 4 rings (SSSR count). The van der Waals surface area contributed by atoms with E-state index in [9.17, 15) is 24.8 Å². The lowest BCUT2D eigenvalue weighted by molar-refractivity contribution is -0.385. The number of nitrogens with zero attached hydrogens (tertiary/aromatic N) is 1. The second-order valence-corrected chi connectivity index (χ2v) is 11.9. The number of aliphatic hydroxyl groups excluding tert-OH is 1. The van der Waals surface area contributed by atoms with E-state index in [4.69, 9.17) is 18.9 Å². The van der Waals surface area contributed by atoms with Crippen molar-refractivity contribution in [2.45, 2.75) is 65.0 Å². The summed E-state index contributed by atoms with van der Waals surface area (Å²) in [5.74, 6) is -0.703. The molecule has 1 unspecified atom stereocenters. The number of nitrogens with one attached hydrogen (secondary N) is 2. The molecule has 2 aromatic rings. The summed E-state index contributed by atoms with van der Waals surface area (Å²) in [6.45, 7) is 9.97. The Labute approximate surface area is 288 Å². The first-order chi connectivity index (χ1) is 22.5. The first-order valence-corrected chi connectivity index (χ1v) is 15.8. The Balaban J connectivity index is 0.000000329. The van der Waals surface area contributed by atoms with Gasteiger partial charge in [0.1, 0.15) is 18.5 Å². The summed E-state index contributed by atoms with van der Waals surface area (Å²) in [6, 6.07) is 14.4. The highest BCUT2D eigenvalue weighted by molar-refractivity contribution is 6.00. The third-order valence-corrected chi connectivity index (χ3v) is 7.73. The second-order valence-electron chi connectivity index (χ2n) is 11.9. The van der Waals surface area contributed by atoms with Crippen molar-refractivity contribution in [1.29, 1.82) is 0 Å². The molecule has 13 heteroatoms. The molecular formula is C35H48ClN3O9. The zero-order chi connectivity index (χ0) is 34.5. The number of nitro benzene ring substituents is 1. The molecule has 0 amide bonds. The number of benzene rings is 2. The van der Waals surface area contributed by atoms with Gasteiger partial charge in [0.2, 0.25) is 0 Å². The van der Waals surface area contributed by atoms with Crippen molar-refractivity contribution in [2.24, 2.45) is 5.92 Å². The summed E-state index contributed by atoms with van der Waals surface area (Å²) in [5.41, 5.74) is 2.45. The van der Waals surface area contributed by atoms with Crippen LogP contribution in [0.1, 0.15) is 57.6 Å². The highest BCUT2D eigenvalue weighted by atomic mass is 35.5. The van der Waals surface area contributed by atoms with Crippen molar-refractivity contribution in [2.75, 3.05) is 40.6 Å². The number of methoxy groups -OCH3 is 2. The fourth-order valence-electron chi connectivity index (χ4n) is 5.06. The van der Waals surface area contributed by atoms with Gasteiger partial charge >= 0.3 is 11.9 Å². The van der Waals surface area contributed by atoms with Crippen LogP contribution in [0.3, 0.4) is 0 Å². The monoisotopic (exact) mass is 689 g/mol. The van der Waals surface area contributed by atoms with Crippen molar-refractivity contribution in [3.63, 3.8) is 0 Å². The molecule has 0 spiro atoms. The van der Waals surface area contributed by atoms with Crippen LogP contribution in [0.2, 0.25) is 0 Å². The van der Waals surface area contributed by atoms with E-state index in [2.05, 4.69) is 36.6 Å². The maximum atomic E-state index is 12.3. The largest absolute Gasteiger partial charge is 0.491 e. The third-order valence-electron chi connectivity index (χ3n) is 7.73. The molecule has 48 heavy (non-hydrogen) atoms. The molecule has 0 saturated heterocycles. The number of dihydropyridines is 1.